The maximum atomic E-state index is 14.0. The van der Waals surface area contributed by atoms with Crippen LogP contribution < -0.4 is 20.3 Å². The van der Waals surface area contributed by atoms with Gasteiger partial charge in [0.15, 0.2) is 0 Å². The Kier molecular flexibility index (Phi) is 9.76. The third-order valence-electron chi connectivity index (χ3n) is 8.32. The van der Waals surface area contributed by atoms with Crippen molar-refractivity contribution in [3.63, 3.8) is 0 Å². The summed E-state index contributed by atoms with van der Waals surface area (Å²) in [6, 6.07) is 17.1. The molecule has 2 atom stereocenters. The lowest BCUT2D eigenvalue weighted by Crippen LogP contribution is -2.56. The molecular weight excluding hydrogens is 597 g/mol. The molecular formula is C34H39F3N6O3. The van der Waals surface area contributed by atoms with Crippen LogP contribution in [0.5, 0.6) is 5.75 Å². The maximum absolute atomic E-state index is 14.0. The summed E-state index contributed by atoms with van der Waals surface area (Å²) in [5.74, 6) is -0.306. The van der Waals surface area contributed by atoms with Crippen LogP contribution in [0.3, 0.4) is 0 Å². The summed E-state index contributed by atoms with van der Waals surface area (Å²) in [5, 5.41) is 6.95. The second kappa shape index (κ2) is 13.7. The molecule has 3 amide bonds. The van der Waals surface area contributed by atoms with Crippen molar-refractivity contribution in [2.24, 2.45) is 0 Å². The van der Waals surface area contributed by atoms with E-state index in [-0.39, 0.29) is 0 Å². The number of hydrogen-bond acceptors (Lipinski definition) is 5. The number of benzene rings is 3. The molecule has 3 N–H and O–H groups in total. The van der Waals surface area contributed by atoms with Crippen molar-refractivity contribution in [2.75, 3.05) is 57.6 Å². The Hall–Kier alpha value is -4.71. The molecule has 0 spiro atoms. The van der Waals surface area contributed by atoms with Crippen molar-refractivity contribution in [3.05, 3.63) is 89.6 Å². The molecule has 0 aliphatic carbocycles. The summed E-state index contributed by atoms with van der Waals surface area (Å²) >= 11 is 0. The van der Waals surface area contributed by atoms with E-state index in [1.54, 1.807) is 11.0 Å². The zero-order valence-corrected chi connectivity index (χ0v) is 26.3. The number of piperazine rings is 1. The Bertz CT molecular complexity index is 1660. The average molecular weight is 637 g/mol. The predicted octanol–water partition coefficient (Wildman–Crippen LogP) is 5.90. The molecule has 46 heavy (non-hydrogen) atoms. The standard InChI is InChI=1S/C34H39F3N6O3/c1-22(27-20-38-28-8-6-5-7-26(27)28)31(32(44)39-29-19-23(21-41(2)3)9-14-30(29)46-4)40-33(45)43-17-15-42(16-18-43)25-12-10-24(11-13-25)34(35,36)37/h5-14,19-20,22,31,38H,15-18,21H2,1-4H3,(H,39,44)(H,40,45)/t22-,31+/m0/s1. The van der Waals surface area contributed by atoms with Crippen LogP contribution in [0.4, 0.5) is 29.3 Å². The number of urea groups is 1. The third kappa shape index (κ3) is 7.39. The number of hydrogen-bond donors (Lipinski definition) is 3. The number of nitrogens with one attached hydrogen (secondary N) is 3. The summed E-state index contributed by atoms with van der Waals surface area (Å²) in [4.78, 5) is 36.5. The highest BCUT2D eigenvalue weighted by atomic mass is 19.4. The van der Waals surface area contributed by atoms with Gasteiger partial charge in [0, 0.05) is 61.4 Å². The lowest BCUT2D eigenvalue weighted by atomic mass is 9.92. The van der Waals surface area contributed by atoms with Gasteiger partial charge < -0.3 is 35.1 Å². The molecule has 244 valence electrons. The molecule has 1 aliphatic rings. The summed E-state index contributed by atoms with van der Waals surface area (Å²) in [5.41, 5.74) is 3.25. The minimum absolute atomic E-state index is 0.336. The van der Waals surface area contributed by atoms with Gasteiger partial charge in [0.2, 0.25) is 5.91 Å². The zero-order valence-electron chi connectivity index (χ0n) is 26.3. The molecule has 1 fully saturated rings. The maximum Gasteiger partial charge on any atom is 0.416 e. The average Bonchev–Trinajstić information content (AvgIpc) is 3.47. The number of alkyl halides is 3. The van der Waals surface area contributed by atoms with Gasteiger partial charge in [-0.25, -0.2) is 4.79 Å². The van der Waals surface area contributed by atoms with Gasteiger partial charge in [-0.3, -0.25) is 4.79 Å². The summed E-state index contributed by atoms with van der Waals surface area (Å²) in [6.45, 7) is 4.11. The second-order valence-electron chi connectivity index (χ2n) is 11.8. The number of anilines is 2. The summed E-state index contributed by atoms with van der Waals surface area (Å²) < 4.78 is 44.6. The van der Waals surface area contributed by atoms with Crippen molar-refractivity contribution in [3.8, 4) is 5.75 Å². The number of rotatable bonds is 9. The number of aromatic amines is 1. The van der Waals surface area contributed by atoms with Gasteiger partial charge >= 0.3 is 12.2 Å². The van der Waals surface area contributed by atoms with E-state index in [1.807, 2.05) is 73.4 Å². The molecule has 12 heteroatoms. The van der Waals surface area contributed by atoms with Crippen molar-refractivity contribution in [1.82, 2.24) is 20.1 Å². The van der Waals surface area contributed by atoms with Crippen molar-refractivity contribution in [2.45, 2.75) is 31.6 Å². The number of carbonyl (C=O) groups is 2. The molecule has 1 saturated heterocycles. The van der Waals surface area contributed by atoms with Gasteiger partial charge in [-0.1, -0.05) is 31.2 Å². The van der Waals surface area contributed by atoms with E-state index < -0.39 is 35.6 Å². The van der Waals surface area contributed by atoms with E-state index in [2.05, 4.69) is 15.6 Å². The fraction of sp³-hybridized carbons (Fsp3) is 0.353. The number of halogens is 3. The number of aromatic nitrogens is 1. The fourth-order valence-corrected chi connectivity index (χ4v) is 5.85. The largest absolute Gasteiger partial charge is 0.495 e. The monoisotopic (exact) mass is 636 g/mol. The molecule has 2 heterocycles. The predicted molar refractivity (Wildman–Crippen MR) is 173 cm³/mol. The minimum atomic E-state index is -4.40. The number of nitrogens with zero attached hydrogens (tertiary/aromatic N) is 3. The molecule has 0 saturated carbocycles. The Balaban J connectivity index is 1.34. The quantitative estimate of drug-likeness (QED) is 0.213. The van der Waals surface area contributed by atoms with E-state index in [4.69, 9.17) is 4.74 Å². The summed E-state index contributed by atoms with van der Waals surface area (Å²) in [7, 11) is 5.45. The first-order valence-electron chi connectivity index (χ1n) is 15.1. The fourth-order valence-electron chi connectivity index (χ4n) is 5.85. The topological polar surface area (TPSA) is 92.9 Å². The highest BCUT2D eigenvalue weighted by Crippen LogP contribution is 2.32. The number of carbonyl (C=O) groups excluding carboxylic acids is 2. The first-order valence-corrected chi connectivity index (χ1v) is 15.1. The highest BCUT2D eigenvalue weighted by Gasteiger charge is 2.33. The first kappa shape index (κ1) is 32.7. The zero-order chi connectivity index (χ0) is 33.0. The van der Waals surface area contributed by atoms with Gasteiger partial charge in [-0.15, -0.1) is 0 Å². The Morgan fingerprint density at radius 2 is 1.70 bits per heavy atom. The second-order valence-corrected chi connectivity index (χ2v) is 11.8. The Morgan fingerprint density at radius 1 is 1.00 bits per heavy atom. The molecule has 9 nitrogen and oxygen atoms in total. The molecule has 1 aromatic heterocycles. The number of amides is 3. The van der Waals surface area contributed by atoms with Crippen LogP contribution in [-0.2, 0) is 17.5 Å². The van der Waals surface area contributed by atoms with E-state index in [1.165, 1.54) is 19.2 Å². The number of ether oxygens (including phenoxy) is 1. The molecule has 0 radical (unpaired) electrons. The molecule has 4 aromatic rings. The molecule has 3 aromatic carbocycles. The SMILES string of the molecule is COc1ccc(CN(C)C)cc1NC(=O)[C@H](NC(=O)N1CCN(c2ccc(C(F)(F)F)cc2)CC1)[C@@H](C)c1c[nH]c2ccccc12. The third-order valence-corrected chi connectivity index (χ3v) is 8.32. The van der Waals surface area contributed by atoms with Crippen LogP contribution in [0.25, 0.3) is 10.9 Å². The molecule has 5 rings (SSSR count). The van der Waals surface area contributed by atoms with E-state index in [0.717, 1.165) is 34.2 Å². The Morgan fingerprint density at radius 3 is 2.35 bits per heavy atom. The van der Waals surface area contributed by atoms with Gasteiger partial charge in [-0.05, 0) is 67.7 Å². The van der Waals surface area contributed by atoms with Crippen LogP contribution in [0, 0.1) is 0 Å². The number of fused-ring (bicyclic) bond motifs is 1. The highest BCUT2D eigenvalue weighted by molar-refractivity contribution is 5.99. The van der Waals surface area contributed by atoms with E-state index in [9.17, 15) is 22.8 Å². The minimum Gasteiger partial charge on any atom is -0.495 e. The smallest absolute Gasteiger partial charge is 0.416 e. The van der Waals surface area contributed by atoms with Crippen molar-refractivity contribution >= 4 is 34.2 Å². The normalized spacial score (nSPS) is 15.1. The molecule has 0 unspecified atom stereocenters. The van der Waals surface area contributed by atoms with Gasteiger partial charge in [-0.2, -0.15) is 13.2 Å². The van der Waals surface area contributed by atoms with Crippen LogP contribution in [-0.4, -0.2) is 80.1 Å². The number of para-hydroxylation sites is 1. The lowest BCUT2D eigenvalue weighted by Gasteiger charge is -2.37. The molecule has 1 aliphatic heterocycles. The van der Waals surface area contributed by atoms with Crippen molar-refractivity contribution in [1.29, 1.82) is 0 Å². The number of H-pyrrole nitrogens is 1. The van der Waals surface area contributed by atoms with Crippen LogP contribution in [0.2, 0.25) is 0 Å². The van der Waals surface area contributed by atoms with Crippen LogP contribution in [0.1, 0.15) is 29.5 Å². The lowest BCUT2D eigenvalue weighted by molar-refractivity contribution is -0.137. The first-order chi connectivity index (χ1) is 21.9. The van der Waals surface area contributed by atoms with Crippen molar-refractivity contribution < 1.29 is 27.5 Å². The Labute approximate surface area is 266 Å². The van der Waals surface area contributed by atoms with E-state index in [0.29, 0.717) is 49.8 Å². The van der Waals surface area contributed by atoms with Crippen LogP contribution in [0.15, 0.2) is 72.9 Å². The summed E-state index contributed by atoms with van der Waals surface area (Å²) in [6.07, 6.45) is -2.54. The van der Waals surface area contributed by atoms with Gasteiger partial charge in [0.1, 0.15) is 11.8 Å². The van der Waals surface area contributed by atoms with Gasteiger partial charge in [0.05, 0.1) is 18.4 Å². The van der Waals surface area contributed by atoms with Gasteiger partial charge in [0.25, 0.3) is 0 Å². The molecule has 0 bridgehead atoms. The van der Waals surface area contributed by atoms with E-state index >= 15 is 0 Å². The number of methoxy groups -OCH3 is 1. The van der Waals surface area contributed by atoms with Crippen LogP contribution >= 0.6 is 0 Å².